The first-order valence-corrected chi connectivity index (χ1v) is 6.56. The summed E-state index contributed by atoms with van der Waals surface area (Å²) in [5.74, 6) is 1.54. The van der Waals surface area contributed by atoms with E-state index in [4.69, 9.17) is 5.73 Å². The summed E-state index contributed by atoms with van der Waals surface area (Å²) in [6.45, 7) is 2.18. The summed E-state index contributed by atoms with van der Waals surface area (Å²) < 4.78 is 2.09. The molecule has 1 aliphatic heterocycles. The molecule has 0 saturated carbocycles. The van der Waals surface area contributed by atoms with Gasteiger partial charge in [0.2, 0.25) is 0 Å². The predicted molar refractivity (Wildman–Crippen MR) is 76.6 cm³/mol. The van der Waals surface area contributed by atoms with Gasteiger partial charge in [0.05, 0.1) is 5.52 Å². The van der Waals surface area contributed by atoms with Crippen LogP contribution in [0.2, 0.25) is 0 Å². The maximum Gasteiger partial charge on any atom is 0.152 e. The van der Waals surface area contributed by atoms with Crippen LogP contribution >= 0.6 is 0 Å². The van der Waals surface area contributed by atoms with Crippen LogP contribution in [0.1, 0.15) is 19.2 Å². The molecule has 5 heteroatoms. The average molecular weight is 253 g/mol. The van der Waals surface area contributed by atoms with E-state index < -0.39 is 0 Å². The van der Waals surface area contributed by atoms with Gasteiger partial charge in [0.1, 0.15) is 16.9 Å². The van der Waals surface area contributed by atoms with Crippen molar-refractivity contribution in [1.29, 1.82) is 0 Å². The molecule has 0 spiro atoms. The standard InChI is InChI=1S/C14H15N5/c1-8-6-7-11-17-12-13(19(11)18-8)9-4-2-3-5-10(9)16-14(12)15/h2-5,8,18H,6-7H2,1H3,(H2,15,16). The van der Waals surface area contributed by atoms with Crippen LogP contribution in [0.15, 0.2) is 24.3 Å². The molecule has 1 aliphatic rings. The van der Waals surface area contributed by atoms with Crippen molar-refractivity contribution in [3.63, 3.8) is 0 Å². The molecule has 19 heavy (non-hydrogen) atoms. The summed E-state index contributed by atoms with van der Waals surface area (Å²) in [6.07, 6.45) is 2.06. The van der Waals surface area contributed by atoms with E-state index in [2.05, 4.69) is 33.1 Å². The Morgan fingerprint density at radius 3 is 3.05 bits per heavy atom. The van der Waals surface area contributed by atoms with Gasteiger partial charge in [0.15, 0.2) is 5.82 Å². The Kier molecular flexibility index (Phi) is 2.01. The number of aromatic nitrogens is 3. The van der Waals surface area contributed by atoms with Crippen LogP contribution in [0.5, 0.6) is 0 Å². The number of nitrogen functional groups attached to an aromatic ring is 1. The zero-order valence-electron chi connectivity index (χ0n) is 10.7. The molecule has 0 radical (unpaired) electrons. The van der Waals surface area contributed by atoms with Crippen molar-refractivity contribution in [3.8, 4) is 0 Å². The molecule has 4 rings (SSSR count). The molecular weight excluding hydrogens is 238 g/mol. The first-order valence-electron chi connectivity index (χ1n) is 6.56. The van der Waals surface area contributed by atoms with Crippen LogP contribution in [-0.2, 0) is 6.42 Å². The molecule has 1 unspecified atom stereocenters. The summed E-state index contributed by atoms with van der Waals surface area (Å²) >= 11 is 0. The molecule has 0 aliphatic carbocycles. The van der Waals surface area contributed by atoms with Crippen LogP contribution < -0.4 is 11.2 Å². The maximum absolute atomic E-state index is 6.05. The third kappa shape index (κ3) is 1.41. The minimum atomic E-state index is 0.443. The molecule has 0 saturated heterocycles. The number of fused-ring (bicyclic) bond motifs is 5. The number of hydrogen-bond acceptors (Lipinski definition) is 4. The number of pyridine rings is 1. The minimum Gasteiger partial charge on any atom is -0.382 e. The van der Waals surface area contributed by atoms with E-state index in [1.807, 2.05) is 18.2 Å². The number of nitrogens with zero attached hydrogens (tertiary/aromatic N) is 3. The molecule has 0 amide bonds. The molecule has 0 fully saturated rings. The minimum absolute atomic E-state index is 0.443. The van der Waals surface area contributed by atoms with E-state index in [0.29, 0.717) is 11.9 Å². The fourth-order valence-electron chi connectivity index (χ4n) is 2.78. The Bertz CT molecular complexity index is 789. The summed E-state index contributed by atoms with van der Waals surface area (Å²) in [6, 6.07) is 8.49. The topological polar surface area (TPSA) is 68.8 Å². The van der Waals surface area contributed by atoms with E-state index in [0.717, 1.165) is 40.6 Å². The van der Waals surface area contributed by atoms with Gasteiger partial charge in [-0.25, -0.2) is 14.6 Å². The Morgan fingerprint density at radius 1 is 1.32 bits per heavy atom. The van der Waals surface area contributed by atoms with Crippen molar-refractivity contribution in [1.82, 2.24) is 14.6 Å². The van der Waals surface area contributed by atoms with Crippen LogP contribution in [0.4, 0.5) is 5.82 Å². The molecule has 96 valence electrons. The van der Waals surface area contributed by atoms with Gasteiger partial charge in [-0.3, -0.25) is 0 Å². The zero-order valence-corrected chi connectivity index (χ0v) is 10.7. The largest absolute Gasteiger partial charge is 0.382 e. The van der Waals surface area contributed by atoms with E-state index in [1.165, 1.54) is 0 Å². The molecule has 2 aromatic heterocycles. The third-order valence-electron chi connectivity index (χ3n) is 3.74. The highest BCUT2D eigenvalue weighted by molar-refractivity contribution is 6.06. The first-order chi connectivity index (χ1) is 9.24. The summed E-state index contributed by atoms with van der Waals surface area (Å²) in [5, 5.41) is 1.09. The Morgan fingerprint density at radius 2 is 2.16 bits per heavy atom. The lowest BCUT2D eigenvalue weighted by atomic mass is 10.1. The highest BCUT2D eigenvalue weighted by atomic mass is 15.5. The molecule has 1 atom stereocenters. The number of imidazole rings is 1. The van der Waals surface area contributed by atoms with Crippen molar-refractivity contribution >= 4 is 27.8 Å². The molecule has 3 aromatic rings. The lowest BCUT2D eigenvalue weighted by Crippen LogP contribution is -2.32. The van der Waals surface area contributed by atoms with Gasteiger partial charge in [-0.15, -0.1) is 0 Å². The van der Waals surface area contributed by atoms with Crippen LogP contribution in [0, 0.1) is 0 Å². The number of nitrogens with two attached hydrogens (primary N) is 1. The first kappa shape index (κ1) is 10.6. The van der Waals surface area contributed by atoms with Crippen molar-refractivity contribution in [2.75, 3.05) is 11.2 Å². The molecule has 3 N–H and O–H groups in total. The summed E-state index contributed by atoms with van der Waals surface area (Å²) in [4.78, 5) is 9.09. The number of hydrogen-bond donors (Lipinski definition) is 2. The number of para-hydroxylation sites is 1. The summed E-state index contributed by atoms with van der Waals surface area (Å²) in [5.41, 5.74) is 12.3. The van der Waals surface area contributed by atoms with Crippen LogP contribution in [-0.4, -0.2) is 20.7 Å². The van der Waals surface area contributed by atoms with Crippen molar-refractivity contribution in [2.45, 2.75) is 25.8 Å². The molecule has 5 nitrogen and oxygen atoms in total. The number of nitrogens with one attached hydrogen (secondary N) is 1. The monoisotopic (exact) mass is 253 g/mol. The van der Waals surface area contributed by atoms with E-state index in [9.17, 15) is 0 Å². The molecule has 3 heterocycles. The van der Waals surface area contributed by atoms with E-state index >= 15 is 0 Å². The van der Waals surface area contributed by atoms with Gasteiger partial charge in [0, 0.05) is 17.8 Å². The van der Waals surface area contributed by atoms with Gasteiger partial charge in [-0.05, 0) is 19.4 Å². The highest BCUT2D eigenvalue weighted by Crippen LogP contribution is 2.29. The van der Waals surface area contributed by atoms with Crippen molar-refractivity contribution in [3.05, 3.63) is 30.1 Å². The second-order valence-corrected chi connectivity index (χ2v) is 5.14. The zero-order chi connectivity index (χ0) is 13.0. The highest BCUT2D eigenvalue weighted by Gasteiger charge is 2.21. The second kappa shape index (κ2) is 3.60. The van der Waals surface area contributed by atoms with Gasteiger partial charge in [0.25, 0.3) is 0 Å². The SMILES string of the molecule is CC1CCc2nc3c(N)nc4ccccc4c3n2N1. The number of benzene rings is 1. The second-order valence-electron chi connectivity index (χ2n) is 5.14. The van der Waals surface area contributed by atoms with Crippen LogP contribution in [0.3, 0.4) is 0 Å². The van der Waals surface area contributed by atoms with Gasteiger partial charge < -0.3 is 11.2 Å². The normalized spacial score (nSPS) is 18.5. The average Bonchev–Trinajstić information content (AvgIpc) is 2.78. The van der Waals surface area contributed by atoms with Crippen molar-refractivity contribution < 1.29 is 0 Å². The Balaban J connectivity index is 2.18. The Hall–Kier alpha value is -2.30. The fourth-order valence-corrected chi connectivity index (χ4v) is 2.78. The molecule has 0 bridgehead atoms. The van der Waals surface area contributed by atoms with Gasteiger partial charge in [-0.2, -0.15) is 0 Å². The number of aryl methyl sites for hydroxylation is 1. The van der Waals surface area contributed by atoms with Crippen LogP contribution in [0.25, 0.3) is 21.9 Å². The van der Waals surface area contributed by atoms with E-state index in [1.54, 1.807) is 0 Å². The number of rotatable bonds is 0. The lowest BCUT2D eigenvalue weighted by molar-refractivity contribution is 0.559. The lowest BCUT2D eigenvalue weighted by Gasteiger charge is -2.23. The third-order valence-corrected chi connectivity index (χ3v) is 3.74. The van der Waals surface area contributed by atoms with Gasteiger partial charge >= 0.3 is 0 Å². The predicted octanol–water partition coefficient (Wildman–Crippen LogP) is 2.04. The van der Waals surface area contributed by atoms with Gasteiger partial charge in [-0.1, -0.05) is 18.2 Å². The smallest absolute Gasteiger partial charge is 0.152 e. The quantitative estimate of drug-likeness (QED) is 0.643. The Labute approximate surface area is 110 Å². The molecule has 1 aromatic carbocycles. The maximum atomic E-state index is 6.05. The number of anilines is 1. The van der Waals surface area contributed by atoms with Crippen molar-refractivity contribution in [2.24, 2.45) is 0 Å². The summed E-state index contributed by atoms with van der Waals surface area (Å²) in [7, 11) is 0. The fraction of sp³-hybridized carbons (Fsp3) is 0.286. The molecular formula is C14H15N5. The van der Waals surface area contributed by atoms with E-state index in [-0.39, 0.29) is 0 Å².